The predicted molar refractivity (Wildman–Crippen MR) is 131 cm³/mol. The molecule has 0 spiro atoms. The molecular formula is C20H19Cl2F3MgN6O5S. The first-order valence-electron chi connectivity index (χ1n) is 10.0. The molecule has 1 aromatic heterocycles. The SMILES string of the molecule is CN(C)C=Nc1c(C2(C(=O)N(C)C)CC2)c(C#N)nn1-c1c(Cl)cc(C(F)(F)F)cc1Cl.O=S(=O)([O-])[O-].[Mg+2]. The predicted octanol–water partition coefficient (Wildman–Crippen LogP) is 2.69. The van der Waals surface area contributed by atoms with Gasteiger partial charge in [0.1, 0.15) is 11.8 Å². The largest absolute Gasteiger partial charge is 2.00 e. The molecule has 18 heteroatoms. The van der Waals surface area contributed by atoms with Crippen molar-refractivity contribution >= 4 is 74.7 Å². The summed E-state index contributed by atoms with van der Waals surface area (Å²) < 4.78 is 74.7. The van der Waals surface area contributed by atoms with Crippen LogP contribution in [0.1, 0.15) is 29.7 Å². The van der Waals surface area contributed by atoms with Crippen molar-refractivity contribution in [3.63, 3.8) is 0 Å². The van der Waals surface area contributed by atoms with Gasteiger partial charge in [0.25, 0.3) is 0 Å². The van der Waals surface area contributed by atoms with E-state index in [0.29, 0.717) is 18.4 Å². The van der Waals surface area contributed by atoms with Gasteiger partial charge in [0.2, 0.25) is 5.91 Å². The number of halogens is 5. The third kappa shape index (κ3) is 7.94. The summed E-state index contributed by atoms with van der Waals surface area (Å²) in [7, 11) is 1.46. The molecule has 3 rings (SSSR count). The molecule has 0 bridgehead atoms. The van der Waals surface area contributed by atoms with E-state index in [4.69, 9.17) is 40.7 Å². The molecule has 0 aliphatic heterocycles. The van der Waals surface area contributed by atoms with Crippen LogP contribution in [0.3, 0.4) is 0 Å². The van der Waals surface area contributed by atoms with Crippen molar-refractivity contribution in [3.8, 4) is 11.8 Å². The summed E-state index contributed by atoms with van der Waals surface area (Å²) in [6, 6.07) is 3.43. The number of nitriles is 1. The van der Waals surface area contributed by atoms with Crippen molar-refractivity contribution in [2.24, 2.45) is 4.99 Å². The van der Waals surface area contributed by atoms with E-state index in [0.717, 1.165) is 16.8 Å². The van der Waals surface area contributed by atoms with Gasteiger partial charge in [0, 0.05) is 38.6 Å². The van der Waals surface area contributed by atoms with Crippen LogP contribution in [-0.4, -0.2) is 101 Å². The molecule has 202 valence electrons. The van der Waals surface area contributed by atoms with Crippen LogP contribution in [0.5, 0.6) is 0 Å². The Balaban J connectivity index is 0.00000110. The van der Waals surface area contributed by atoms with Crippen molar-refractivity contribution in [2.45, 2.75) is 24.4 Å². The molecule has 1 aliphatic carbocycles. The van der Waals surface area contributed by atoms with Crippen molar-refractivity contribution in [3.05, 3.63) is 39.0 Å². The number of aliphatic imine (C=N–C) groups is 1. The molecule has 0 atom stereocenters. The minimum atomic E-state index is -5.17. The van der Waals surface area contributed by atoms with E-state index in [1.165, 1.54) is 11.2 Å². The average molecular weight is 608 g/mol. The Kier molecular flexibility index (Phi) is 11.0. The second-order valence-electron chi connectivity index (χ2n) is 8.26. The maximum Gasteiger partial charge on any atom is 2.00 e. The molecule has 1 amide bonds. The second kappa shape index (κ2) is 12.4. The topological polar surface area (TPSA) is 158 Å². The van der Waals surface area contributed by atoms with Gasteiger partial charge >= 0.3 is 29.2 Å². The first-order valence-corrected chi connectivity index (χ1v) is 12.1. The van der Waals surface area contributed by atoms with Crippen molar-refractivity contribution in [1.82, 2.24) is 19.6 Å². The van der Waals surface area contributed by atoms with Crippen LogP contribution in [-0.2, 0) is 26.8 Å². The van der Waals surface area contributed by atoms with E-state index < -0.39 is 27.6 Å². The summed E-state index contributed by atoms with van der Waals surface area (Å²) in [4.78, 5) is 20.4. The normalized spacial score (nSPS) is 14.2. The summed E-state index contributed by atoms with van der Waals surface area (Å²) in [6.07, 6.45) is -2.27. The van der Waals surface area contributed by atoms with Crippen LogP contribution in [0.4, 0.5) is 19.0 Å². The second-order valence-corrected chi connectivity index (χ2v) is 9.89. The monoisotopic (exact) mass is 606 g/mol. The fraction of sp³-hybridized carbons (Fsp3) is 0.400. The van der Waals surface area contributed by atoms with Gasteiger partial charge in [-0.3, -0.25) is 13.2 Å². The molecule has 0 N–H and O–H groups in total. The Bertz CT molecular complexity index is 1360. The van der Waals surface area contributed by atoms with Crippen molar-refractivity contribution in [2.75, 3.05) is 28.2 Å². The smallest absolute Gasteiger partial charge is 0.759 e. The van der Waals surface area contributed by atoms with Crippen LogP contribution < -0.4 is 0 Å². The van der Waals surface area contributed by atoms with Gasteiger partial charge in [-0.05, 0) is 25.0 Å². The van der Waals surface area contributed by atoms with Gasteiger partial charge < -0.3 is 18.9 Å². The average Bonchev–Trinajstić information content (AvgIpc) is 3.44. The molecule has 0 unspecified atom stereocenters. The maximum absolute atomic E-state index is 13.2. The third-order valence-electron chi connectivity index (χ3n) is 4.98. The molecule has 1 fully saturated rings. The number of carbonyl (C=O) groups is 1. The minimum Gasteiger partial charge on any atom is -0.759 e. The van der Waals surface area contributed by atoms with E-state index in [2.05, 4.69) is 10.1 Å². The molecule has 11 nitrogen and oxygen atoms in total. The number of benzene rings is 1. The van der Waals surface area contributed by atoms with E-state index >= 15 is 0 Å². The van der Waals surface area contributed by atoms with Crippen LogP contribution in [0.2, 0.25) is 10.0 Å². The maximum atomic E-state index is 13.2. The first kappa shape index (κ1) is 33.9. The fourth-order valence-corrected chi connectivity index (χ4v) is 4.08. The molecule has 38 heavy (non-hydrogen) atoms. The van der Waals surface area contributed by atoms with Gasteiger partial charge in [-0.15, -0.1) is 0 Å². The van der Waals surface area contributed by atoms with Gasteiger partial charge in [-0.1, -0.05) is 23.2 Å². The molecular weight excluding hydrogens is 589 g/mol. The summed E-state index contributed by atoms with van der Waals surface area (Å²) in [6.45, 7) is 0. The number of hydrogen-bond donors (Lipinski definition) is 0. The van der Waals surface area contributed by atoms with Crippen LogP contribution in [0, 0.1) is 11.3 Å². The van der Waals surface area contributed by atoms with Crippen molar-refractivity contribution in [1.29, 1.82) is 5.26 Å². The zero-order chi connectivity index (χ0) is 28.5. The molecule has 1 aliphatic rings. The number of amides is 1. The molecule has 1 heterocycles. The van der Waals surface area contributed by atoms with E-state index in [1.54, 1.807) is 33.1 Å². The molecule has 0 radical (unpaired) electrons. The summed E-state index contributed by atoms with van der Waals surface area (Å²) >= 11 is 12.4. The number of nitrogens with zero attached hydrogens (tertiary/aromatic N) is 6. The Labute approximate surface area is 242 Å². The van der Waals surface area contributed by atoms with E-state index in [-0.39, 0.29) is 56.2 Å². The number of likely N-dealkylation sites (N-methyl/N-ethyl adjacent to an activating group) is 1. The molecule has 2 aromatic rings. The number of hydrogen-bond acceptors (Lipinski definition) is 8. The minimum absolute atomic E-state index is 0. The fourth-order valence-electron chi connectivity index (χ4n) is 3.43. The first-order chi connectivity index (χ1) is 16.8. The quantitative estimate of drug-likeness (QED) is 0.165. The molecule has 0 saturated heterocycles. The summed E-state index contributed by atoms with van der Waals surface area (Å²) in [5.41, 5.74) is -1.87. The van der Waals surface area contributed by atoms with Gasteiger partial charge in [0.05, 0.1) is 32.9 Å². The standard InChI is InChI=1S/C20H19Cl2F3N6O.Mg.H2O4S/c1-29(2)10-27-17-15(19(5-6-19)18(32)30(3)4)14(9-26)28-31(17)16-12(21)7-11(8-13(16)22)20(23,24)25;;1-5(2,3)4/h7-8,10H,5-6H2,1-4H3;;(H2,1,2,3,4)/q;+2;/p-2. The Morgan fingerprint density at radius 2 is 1.68 bits per heavy atom. The number of rotatable bonds is 5. The summed E-state index contributed by atoms with van der Waals surface area (Å²) in [5.74, 6) is -0.119. The van der Waals surface area contributed by atoms with Crippen LogP contribution >= 0.6 is 23.2 Å². The van der Waals surface area contributed by atoms with E-state index in [1.807, 2.05) is 6.07 Å². The number of carbonyl (C=O) groups excluding carboxylic acids is 1. The van der Waals surface area contributed by atoms with Gasteiger partial charge in [-0.25, -0.2) is 9.67 Å². The Morgan fingerprint density at radius 1 is 1.21 bits per heavy atom. The number of alkyl halides is 3. The van der Waals surface area contributed by atoms with Crippen LogP contribution in [0.25, 0.3) is 5.69 Å². The van der Waals surface area contributed by atoms with Crippen LogP contribution in [0.15, 0.2) is 17.1 Å². The Morgan fingerprint density at radius 3 is 2.03 bits per heavy atom. The van der Waals surface area contributed by atoms with Gasteiger partial charge in [0.15, 0.2) is 11.5 Å². The van der Waals surface area contributed by atoms with E-state index in [9.17, 15) is 23.2 Å². The molecule has 1 aromatic carbocycles. The zero-order valence-corrected chi connectivity index (χ0v) is 24.1. The Hall–Kier alpha value is -2.13. The van der Waals surface area contributed by atoms with Gasteiger partial charge in [-0.2, -0.15) is 23.5 Å². The number of aromatic nitrogens is 2. The summed E-state index contributed by atoms with van der Waals surface area (Å²) in [5, 5.41) is 13.3. The zero-order valence-electron chi connectivity index (χ0n) is 20.4. The molecule has 1 saturated carbocycles. The van der Waals surface area contributed by atoms with Crippen molar-refractivity contribution < 1.29 is 35.5 Å². The third-order valence-corrected chi connectivity index (χ3v) is 5.55.